The molecule has 0 unspecified atom stereocenters. The molecule has 16 aromatic carbocycles. The third kappa shape index (κ3) is 29.8. The van der Waals surface area contributed by atoms with Gasteiger partial charge in [-0.2, -0.15) is 87.2 Å². The Morgan fingerprint density at radius 3 is 0.814 bits per heavy atom. The van der Waals surface area contributed by atoms with Gasteiger partial charge in [0.05, 0.1) is 29.7 Å². The molecule has 0 saturated heterocycles. The maximum Gasteiger partial charge on any atom is 0.140 e. The fourth-order valence-corrected chi connectivity index (χ4v) is 15.3. The number of imidazole rings is 1. The molecule has 0 spiro atoms. The van der Waals surface area contributed by atoms with Crippen LogP contribution in [-0.4, -0.2) is 49.4 Å². The first-order valence-corrected chi connectivity index (χ1v) is 46.0. The van der Waals surface area contributed by atoms with E-state index >= 15 is 0 Å². The molecule has 0 bridgehead atoms. The second-order valence-electron chi connectivity index (χ2n) is 32.4. The average molecular weight is 2600 g/mol. The van der Waals surface area contributed by atoms with Crippen molar-refractivity contribution in [1.29, 1.82) is 0 Å². The van der Waals surface area contributed by atoms with Gasteiger partial charge >= 0.3 is 0 Å². The molecule has 0 N–H and O–H groups in total. The Labute approximate surface area is 904 Å². The number of benzene rings is 16. The molecule has 8 heterocycles. The number of rotatable bonds is 16. The van der Waals surface area contributed by atoms with Crippen LogP contribution in [0.2, 0.25) is 0 Å². The minimum atomic E-state index is 0. The molecule has 0 aliphatic rings. The maximum atomic E-state index is 5.08. The molecule has 19 heteroatoms. The summed E-state index contributed by atoms with van der Waals surface area (Å²) in [5, 5.41) is 34.4. The molecule has 8 aromatic heterocycles. The summed E-state index contributed by atoms with van der Waals surface area (Å²) < 4.78 is 10.9. The summed E-state index contributed by atoms with van der Waals surface area (Å²) in [5.74, 6) is 1.57. The number of hydrogen-bond acceptors (Lipinski definition) is 8. The van der Waals surface area contributed by atoms with Crippen LogP contribution in [0.15, 0.2) is 484 Å². The predicted molar refractivity (Wildman–Crippen MR) is 565 cm³/mol. The summed E-state index contributed by atoms with van der Waals surface area (Å²) in [6, 6.07) is 175. The summed E-state index contributed by atoms with van der Waals surface area (Å²) in [5.41, 5.74) is 33.6. The zero-order valence-electron chi connectivity index (χ0n) is 79.5. The van der Waals surface area contributed by atoms with Gasteiger partial charge in [-0.15, -0.1) is 206 Å². The van der Waals surface area contributed by atoms with Crippen molar-refractivity contribution in [2.75, 3.05) is 0 Å². The Bertz CT molecular complexity index is 7090. The van der Waals surface area contributed by atoms with E-state index in [4.69, 9.17) is 4.42 Å². The number of aryl methyl sites for hydroxylation is 5. The molecule has 24 rings (SSSR count). The molecule has 0 radical (unpaired) electrons. The first-order chi connectivity index (χ1) is 69.5. The number of oxazole rings is 1. The third-order valence-electron chi connectivity index (χ3n) is 22.4. The normalized spacial score (nSPS) is 10.2. The van der Waals surface area contributed by atoms with Crippen molar-refractivity contribution in [3.63, 3.8) is 0 Å². The Morgan fingerprint density at radius 1 is 0.255 bits per heavy atom. The summed E-state index contributed by atoms with van der Waals surface area (Å²) >= 11 is 0. The zero-order chi connectivity index (χ0) is 96.4. The summed E-state index contributed by atoms with van der Waals surface area (Å²) in [6.07, 6.45) is 8.81. The van der Waals surface area contributed by atoms with Gasteiger partial charge in [0.1, 0.15) is 5.89 Å². The first-order valence-electron chi connectivity index (χ1n) is 46.0. The molecule has 145 heavy (non-hydrogen) atoms. The first kappa shape index (κ1) is 106. The molecular weight excluding hydrogens is 2510 g/mol. The van der Waals surface area contributed by atoms with Gasteiger partial charge in [0.2, 0.25) is 0 Å². The molecule has 0 aliphatic heterocycles. The summed E-state index contributed by atoms with van der Waals surface area (Å²) in [4.78, 5) is 12.7. The predicted octanol–water partition coefficient (Wildman–Crippen LogP) is 28.6. The van der Waals surface area contributed by atoms with Crippen LogP contribution in [0.25, 0.3) is 169 Å². The van der Waals surface area contributed by atoms with Gasteiger partial charge in [-0.3, -0.25) is 19.3 Å². The van der Waals surface area contributed by atoms with Crippen molar-refractivity contribution >= 4 is 0 Å². The van der Waals surface area contributed by atoms with E-state index < -0.39 is 0 Å². The average Bonchev–Trinajstić information content (AvgIpc) is 1.78. The second kappa shape index (κ2) is 54.9. The van der Waals surface area contributed by atoms with Crippen LogP contribution in [0.3, 0.4) is 0 Å². The summed E-state index contributed by atoms with van der Waals surface area (Å²) in [7, 11) is 1.98. The van der Waals surface area contributed by atoms with Crippen molar-refractivity contribution in [1.82, 2.24) is 69.7 Å². The molecule has 726 valence electrons. The molecular formula is C126H94N14OPt4-12. The van der Waals surface area contributed by atoms with Gasteiger partial charge < -0.3 is 44.6 Å². The molecule has 0 saturated carbocycles. The molecule has 0 atom stereocenters. The number of aromatic nitrogens is 14. The molecule has 15 nitrogen and oxygen atoms in total. The van der Waals surface area contributed by atoms with Crippen molar-refractivity contribution in [2.24, 2.45) is 7.05 Å². The van der Waals surface area contributed by atoms with Crippen LogP contribution >= 0.6 is 0 Å². The second-order valence-corrected chi connectivity index (χ2v) is 32.4. The fourth-order valence-electron chi connectivity index (χ4n) is 15.3. The number of hydrogen-bond donors (Lipinski definition) is 0. The topological polar surface area (TPSA) is 175 Å². The summed E-state index contributed by atoms with van der Waals surface area (Å²) in [6.45, 7) is 8.07. The van der Waals surface area contributed by atoms with E-state index in [2.05, 4.69) is 317 Å². The molecule has 0 fully saturated rings. The monoisotopic (exact) mass is 2600 g/mol. The van der Waals surface area contributed by atoms with Gasteiger partial charge in [-0.1, -0.05) is 248 Å². The fraction of sp³-hybridized carbons (Fsp3) is 0.0397. The van der Waals surface area contributed by atoms with Crippen LogP contribution in [0.1, 0.15) is 22.8 Å². The van der Waals surface area contributed by atoms with E-state index in [1.165, 1.54) is 50.1 Å². The van der Waals surface area contributed by atoms with Gasteiger partial charge in [0.15, 0.2) is 0 Å². The number of para-hydroxylation sites is 2. The van der Waals surface area contributed by atoms with Crippen molar-refractivity contribution in [3.05, 3.63) is 551 Å². The standard InChI is InChI=1S/C22H15N.3C21H14N2.2C11H11N2.C10H9N2.C9H6NO.4Pt/c1-3-7-17(8-4-1)18-11-13-19(14-12-18)21-15-22(23-16-21)20-9-5-2-6-10-20;3*1-3-7-16(8-4-1)17-11-13-19(14-12-17)21-15-20(22-23-21)18-9-5-2-6-10-18;2*1-9-8-10(2)13(12-9)11-6-4-3-5-7-11;1-12-8-7-11-10(12)9-5-3-2-4-6-9;1-2-4-8(5-3-1)9-10-6-7-11-9;;;;/h1-9,11-16H;3*1-9,11-15H;2*3-6,8H,1-2H3;2-5,7-8H,1H3;1-4,6-7H;;;;/q4*-2;4*-1;;;;. The van der Waals surface area contributed by atoms with Gasteiger partial charge in [0, 0.05) is 132 Å². The van der Waals surface area contributed by atoms with Crippen LogP contribution in [-0.2, 0) is 91.3 Å². The van der Waals surface area contributed by atoms with E-state index in [9.17, 15) is 0 Å². The molecule has 0 amide bonds. The van der Waals surface area contributed by atoms with Crippen LogP contribution in [0.5, 0.6) is 0 Å². The van der Waals surface area contributed by atoms with Crippen molar-refractivity contribution in [3.8, 4) is 169 Å². The van der Waals surface area contributed by atoms with Crippen molar-refractivity contribution in [2.45, 2.75) is 27.7 Å². The minimum Gasteiger partial charge on any atom is -0.707 e. The van der Waals surface area contributed by atoms with Crippen LogP contribution in [0.4, 0.5) is 0 Å². The van der Waals surface area contributed by atoms with Gasteiger partial charge in [0.25, 0.3) is 0 Å². The smallest absolute Gasteiger partial charge is 0.140 e. The van der Waals surface area contributed by atoms with E-state index in [0.29, 0.717) is 5.89 Å². The minimum absolute atomic E-state index is 0. The van der Waals surface area contributed by atoms with E-state index in [0.717, 1.165) is 135 Å². The van der Waals surface area contributed by atoms with Crippen molar-refractivity contribution < 1.29 is 88.7 Å². The van der Waals surface area contributed by atoms with Crippen LogP contribution < -0.4 is 20.3 Å². The van der Waals surface area contributed by atoms with Crippen LogP contribution in [0, 0.1) is 76.2 Å². The number of nitrogens with zero attached hydrogens (tertiary/aromatic N) is 14. The largest absolute Gasteiger partial charge is 0.707 e. The molecule has 0 aliphatic carbocycles. The Morgan fingerprint density at radius 2 is 0.538 bits per heavy atom. The Balaban J connectivity index is 0.000000140. The van der Waals surface area contributed by atoms with E-state index in [1.807, 2.05) is 298 Å². The van der Waals surface area contributed by atoms with E-state index in [-0.39, 0.29) is 84.3 Å². The Hall–Kier alpha value is -16.0. The zero-order valence-corrected chi connectivity index (χ0v) is 88.6. The van der Waals surface area contributed by atoms with E-state index in [1.54, 1.807) is 18.7 Å². The quantitative estimate of drug-likeness (QED) is 0.0839. The Kier molecular flexibility index (Phi) is 40.2. The SMILES string of the molecule is Cc1cc(C)n(-c2[c-]cccc2)n1.Cc1cc(C)n(-c2[c-]cccc2)n1.Cn1ccnc1-c1[c-]cccc1.[Pt].[Pt].[Pt].[Pt].[c-]1ccccc1-c1cc(-c2ccc(-c3ccccc3)cc2)c[n-]1.[c-]1ccccc1-c1cc(-c2ccc(-c3ccccc3)cc2)n[n-]1.[c-]1ccccc1-c1cc(-c2ccc(-c3ccccc3)cc2)n[n-]1.[c-]1ccccc1-c1cc(-c2ccc(-c3ccccc3)cc2)n[n-]1.[c-]1ccccc1-c1ncco1. The molecule has 24 aromatic rings. The third-order valence-corrected chi connectivity index (χ3v) is 22.4. The van der Waals surface area contributed by atoms with Gasteiger partial charge in [-0.25, -0.2) is 22.8 Å². The maximum absolute atomic E-state index is 5.08. The van der Waals surface area contributed by atoms with Gasteiger partial charge in [-0.05, 0) is 118 Å².